The van der Waals surface area contributed by atoms with Crippen LogP contribution in [0.3, 0.4) is 0 Å². The Kier molecular flexibility index (Phi) is 4.43. The van der Waals surface area contributed by atoms with Gasteiger partial charge >= 0.3 is 0 Å². The lowest BCUT2D eigenvalue weighted by atomic mass is 10.0. The van der Waals surface area contributed by atoms with Crippen molar-refractivity contribution in [1.29, 1.82) is 0 Å². The van der Waals surface area contributed by atoms with Crippen molar-refractivity contribution >= 4 is 0 Å². The number of ether oxygens (including phenoxy) is 1. The third-order valence-electron chi connectivity index (χ3n) is 1.97. The Balaban J connectivity index is 2.64. The van der Waals surface area contributed by atoms with Crippen LogP contribution in [-0.4, -0.2) is 32.3 Å². The zero-order valence-electron chi connectivity index (χ0n) is 8.16. The van der Waals surface area contributed by atoms with Gasteiger partial charge in [-0.3, -0.25) is 4.98 Å². The van der Waals surface area contributed by atoms with Gasteiger partial charge in [-0.05, 0) is 18.7 Å². The molecule has 0 saturated heterocycles. The third kappa shape index (κ3) is 3.13. The van der Waals surface area contributed by atoms with Crippen LogP contribution in [0.4, 0.5) is 0 Å². The average molecular weight is 180 g/mol. The highest BCUT2D eigenvalue weighted by Gasteiger charge is 2.09. The van der Waals surface area contributed by atoms with Crippen molar-refractivity contribution in [3.63, 3.8) is 0 Å². The number of pyridine rings is 1. The zero-order valence-corrected chi connectivity index (χ0v) is 8.16. The van der Waals surface area contributed by atoms with E-state index in [1.165, 1.54) is 5.56 Å². The smallest absolute Gasteiger partial charge is 0.0543 e. The molecule has 1 unspecified atom stereocenters. The lowest BCUT2D eigenvalue weighted by Gasteiger charge is -2.14. The molecule has 3 heteroatoms. The van der Waals surface area contributed by atoms with E-state index in [2.05, 4.69) is 16.4 Å². The molecular weight excluding hydrogens is 164 g/mol. The fourth-order valence-electron chi connectivity index (χ4n) is 1.34. The van der Waals surface area contributed by atoms with Gasteiger partial charge in [-0.15, -0.1) is 0 Å². The van der Waals surface area contributed by atoms with Crippen molar-refractivity contribution in [2.24, 2.45) is 0 Å². The van der Waals surface area contributed by atoms with Crippen LogP contribution in [0.25, 0.3) is 0 Å². The summed E-state index contributed by atoms with van der Waals surface area (Å²) in [6, 6.07) is 4.03. The molecule has 1 aromatic heterocycles. The fraction of sp³-hybridized carbons (Fsp3) is 0.500. The van der Waals surface area contributed by atoms with Gasteiger partial charge in [-0.25, -0.2) is 0 Å². The molecule has 1 N–H and O–H groups in total. The Morgan fingerprint density at radius 2 is 2.46 bits per heavy atom. The summed E-state index contributed by atoms with van der Waals surface area (Å²) in [5.74, 6) is 0.392. The zero-order chi connectivity index (χ0) is 9.52. The van der Waals surface area contributed by atoms with E-state index < -0.39 is 0 Å². The van der Waals surface area contributed by atoms with E-state index in [0.29, 0.717) is 5.92 Å². The normalized spacial score (nSPS) is 12.8. The van der Waals surface area contributed by atoms with Crippen LogP contribution in [0.2, 0.25) is 0 Å². The van der Waals surface area contributed by atoms with E-state index in [-0.39, 0.29) is 0 Å². The molecule has 0 aromatic carbocycles. The van der Waals surface area contributed by atoms with Crippen LogP contribution >= 0.6 is 0 Å². The summed E-state index contributed by atoms with van der Waals surface area (Å²) in [7, 11) is 3.66. The maximum Gasteiger partial charge on any atom is 0.0543 e. The summed E-state index contributed by atoms with van der Waals surface area (Å²) < 4.78 is 5.14. The molecule has 0 spiro atoms. The van der Waals surface area contributed by atoms with E-state index in [4.69, 9.17) is 4.74 Å². The van der Waals surface area contributed by atoms with E-state index in [1.807, 2.05) is 19.3 Å². The highest BCUT2D eigenvalue weighted by atomic mass is 16.5. The molecule has 0 aliphatic rings. The van der Waals surface area contributed by atoms with Crippen LogP contribution in [0.1, 0.15) is 11.5 Å². The van der Waals surface area contributed by atoms with Crippen molar-refractivity contribution < 1.29 is 4.74 Å². The largest absolute Gasteiger partial charge is 0.384 e. The highest BCUT2D eigenvalue weighted by molar-refractivity contribution is 5.15. The first-order valence-electron chi connectivity index (χ1n) is 4.42. The van der Waals surface area contributed by atoms with Crippen molar-refractivity contribution in [2.45, 2.75) is 5.92 Å². The number of methoxy groups -OCH3 is 1. The topological polar surface area (TPSA) is 34.1 Å². The highest BCUT2D eigenvalue weighted by Crippen LogP contribution is 2.13. The molecule has 72 valence electrons. The van der Waals surface area contributed by atoms with Gasteiger partial charge in [0.2, 0.25) is 0 Å². The fourth-order valence-corrected chi connectivity index (χ4v) is 1.34. The van der Waals surface area contributed by atoms with Crippen LogP contribution < -0.4 is 5.32 Å². The van der Waals surface area contributed by atoms with Crippen molar-refractivity contribution in [1.82, 2.24) is 10.3 Å². The van der Waals surface area contributed by atoms with Crippen molar-refractivity contribution in [3.05, 3.63) is 30.1 Å². The lowest BCUT2D eigenvalue weighted by Crippen LogP contribution is -2.20. The second-order valence-electron chi connectivity index (χ2n) is 3.00. The van der Waals surface area contributed by atoms with Gasteiger partial charge < -0.3 is 10.1 Å². The first-order valence-corrected chi connectivity index (χ1v) is 4.42. The minimum Gasteiger partial charge on any atom is -0.384 e. The minimum absolute atomic E-state index is 0.392. The second-order valence-corrected chi connectivity index (χ2v) is 3.00. The first-order chi connectivity index (χ1) is 6.38. The molecule has 0 aliphatic heterocycles. The summed E-state index contributed by atoms with van der Waals surface area (Å²) in [4.78, 5) is 4.09. The molecule has 13 heavy (non-hydrogen) atoms. The molecule has 0 amide bonds. The number of aromatic nitrogens is 1. The Morgan fingerprint density at radius 3 is 3.00 bits per heavy atom. The number of nitrogens with one attached hydrogen (secondary N) is 1. The Bertz CT molecular complexity index is 220. The van der Waals surface area contributed by atoms with Gasteiger partial charge in [0.25, 0.3) is 0 Å². The molecule has 3 nitrogen and oxygen atoms in total. The number of nitrogens with zero attached hydrogens (tertiary/aromatic N) is 1. The molecule has 0 aliphatic carbocycles. The lowest BCUT2D eigenvalue weighted by molar-refractivity contribution is 0.178. The standard InChI is InChI=1S/C10H16N2O/c1-11-6-10(8-13-2)9-4-3-5-12-7-9/h3-5,7,10-11H,6,8H2,1-2H3. The van der Waals surface area contributed by atoms with Gasteiger partial charge in [-0.1, -0.05) is 6.07 Å². The molecule has 1 heterocycles. The van der Waals surface area contributed by atoms with Crippen molar-refractivity contribution in [3.8, 4) is 0 Å². The Labute approximate surface area is 79.1 Å². The predicted molar refractivity (Wildman–Crippen MR) is 52.8 cm³/mol. The number of rotatable bonds is 5. The van der Waals surface area contributed by atoms with Gasteiger partial charge in [-0.2, -0.15) is 0 Å². The van der Waals surface area contributed by atoms with Crippen molar-refractivity contribution in [2.75, 3.05) is 27.3 Å². The van der Waals surface area contributed by atoms with Crippen LogP contribution in [0.15, 0.2) is 24.5 Å². The Hall–Kier alpha value is -0.930. The summed E-state index contributed by atoms with van der Waals surface area (Å²) in [6.45, 7) is 1.64. The minimum atomic E-state index is 0.392. The van der Waals surface area contributed by atoms with Gasteiger partial charge in [0.05, 0.1) is 6.61 Å². The Morgan fingerprint density at radius 1 is 1.62 bits per heavy atom. The van der Waals surface area contributed by atoms with Crippen LogP contribution in [0.5, 0.6) is 0 Å². The maximum atomic E-state index is 5.14. The summed E-state index contributed by atoms with van der Waals surface area (Å²) >= 11 is 0. The predicted octanol–water partition coefficient (Wildman–Crippen LogP) is 1.03. The first kappa shape index (κ1) is 10.2. The van der Waals surface area contributed by atoms with E-state index in [1.54, 1.807) is 13.3 Å². The third-order valence-corrected chi connectivity index (χ3v) is 1.97. The average Bonchev–Trinajstić information content (AvgIpc) is 2.19. The van der Waals surface area contributed by atoms with Gasteiger partial charge in [0.15, 0.2) is 0 Å². The molecule has 0 radical (unpaired) electrons. The molecular formula is C10H16N2O. The summed E-state index contributed by atoms with van der Waals surface area (Å²) in [5.41, 5.74) is 1.22. The molecule has 1 atom stereocenters. The molecule has 0 saturated carbocycles. The molecule has 1 aromatic rings. The van der Waals surface area contributed by atoms with Crippen LogP contribution in [0, 0.1) is 0 Å². The number of hydrogen-bond acceptors (Lipinski definition) is 3. The number of hydrogen-bond donors (Lipinski definition) is 1. The summed E-state index contributed by atoms with van der Waals surface area (Å²) in [6.07, 6.45) is 3.67. The monoisotopic (exact) mass is 180 g/mol. The van der Waals surface area contributed by atoms with Gasteiger partial charge in [0, 0.05) is 32.0 Å². The second kappa shape index (κ2) is 5.67. The molecule has 1 rings (SSSR count). The molecule has 0 bridgehead atoms. The van der Waals surface area contributed by atoms with E-state index >= 15 is 0 Å². The quantitative estimate of drug-likeness (QED) is 0.735. The summed E-state index contributed by atoms with van der Waals surface area (Å²) in [5, 5.41) is 3.14. The number of likely N-dealkylation sites (N-methyl/N-ethyl adjacent to an activating group) is 1. The molecule has 0 fully saturated rings. The SMILES string of the molecule is CNCC(COC)c1cccnc1. The van der Waals surface area contributed by atoms with Gasteiger partial charge in [0.1, 0.15) is 0 Å². The maximum absolute atomic E-state index is 5.14. The van der Waals surface area contributed by atoms with E-state index in [9.17, 15) is 0 Å². The van der Waals surface area contributed by atoms with E-state index in [0.717, 1.165) is 13.2 Å². The van der Waals surface area contributed by atoms with Crippen LogP contribution in [-0.2, 0) is 4.74 Å².